The first kappa shape index (κ1) is 16.9. The molecule has 104 valence electrons. The van der Waals surface area contributed by atoms with Crippen molar-refractivity contribution in [2.45, 2.75) is 50.9 Å². The SMILES string of the molecule is FC(F)(F)CCCCSCCCCC(F)(F)F. The topological polar surface area (TPSA) is 0 Å². The minimum atomic E-state index is -4.10. The molecule has 0 aliphatic rings. The van der Waals surface area contributed by atoms with Gasteiger partial charge in [0.05, 0.1) is 0 Å². The summed E-state index contributed by atoms with van der Waals surface area (Å²) in [6.07, 6.45) is -8.64. The van der Waals surface area contributed by atoms with Gasteiger partial charge in [0.2, 0.25) is 0 Å². The number of hydrogen-bond donors (Lipinski definition) is 0. The molecule has 0 bridgehead atoms. The lowest BCUT2D eigenvalue weighted by Crippen LogP contribution is -2.07. The fourth-order valence-electron chi connectivity index (χ4n) is 1.16. The molecule has 0 radical (unpaired) electrons. The molecule has 0 saturated carbocycles. The Hall–Kier alpha value is -0.0700. The van der Waals surface area contributed by atoms with Crippen LogP contribution in [0.2, 0.25) is 0 Å². The summed E-state index contributed by atoms with van der Waals surface area (Å²) in [5.41, 5.74) is 0. The van der Waals surface area contributed by atoms with E-state index in [9.17, 15) is 26.3 Å². The van der Waals surface area contributed by atoms with Crippen LogP contribution in [-0.2, 0) is 0 Å². The first-order valence-corrected chi connectivity index (χ1v) is 6.57. The van der Waals surface area contributed by atoms with E-state index in [1.807, 2.05) is 0 Å². The Labute approximate surface area is 101 Å². The molecule has 0 atom stereocenters. The molecule has 0 heterocycles. The van der Waals surface area contributed by atoms with Gasteiger partial charge in [-0.1, -0.05) is 0 Å². The van der Waals surface area contributed by atoms with Crippen molar-refractivity contribution >= 4 is 11.8 Å². The molecule has 0 saturated heterocycles. The molecule has 0 aliphatic carbocycles. The number of unbranched alkanes of at least 4 members (excludes halogenated alkanes) is 2. The van der Waals surface area contributed by atoms with Crippen molar-refractivity contribution in [3.05, 3.63) is 0 Å². The summed E-state index contributed by atoms with van der Waals surface area (Å²) >= 11 is 1.42. The number of halogens is 6. The third kappa shape index (κ3) is 15.9. The van der Waals surface area contributed by atoms with Gasteiger partial charge in [0.25, 0.3) is 0 Å². The summed E-state index contributed by atoms with van der Waals surface area (Å²) in [5, 5.41) is 0. The molecule has 0 nitrogen and oxygen atoms in total. The van der Waals surface area contributed by atoms with Crippen LogP contribution < -0.4 is 0 Å². The number of thioether (sulfide) groups is 1. The van der Waals surface area contributed by atoms with Crippen LogP contribution in [0.3, 0.4) is 0 Å². The van der Waals surface area contributed by atoms with Crippen LogP contribution in [0.4, 0.5) is 26.3 Å². The predicted molar refractivity (Wildman–Crippen MR) is 57.1 cm³/mol. The van der Waals surface area contributed by atoms with Crippen LogP contribution in [0.5, 0.6) is 0 Å². The molecular weight excluding hydrogens is 266 g/mol. The van der Waals surface area contributed by atoms with Gasteiger partial charge in [-0.15, -0.1) is 0 Å². The second-order valence-electron chi connectivity index (χ2n) is 3.76. The first-order valence-electron chi connectivity index (χ1n) is 5.42. The fourth-order valence-corrected chi connectivity index (χ4v) is 2.18. The third-order valence-corrected chi connectivity index (χ3v) is 3.15. The Bertz CT molecular complexity index is 166. The van der Waals surface area contributed by atoms with Crippen molar-refractivity contribution in [1.82, 2.24) is 0 Å². The van der Waals surface area contributed by atoms with Crippen LogP contribution in [0.1, 0.15) is 38.5 Å². The molecule has 0 aromatic rings. The van der Waals surface area contributed by atoms with E-state index in [2.05, 4.69) is 0 Å². The Morgan fingerprint density at radius 2 is 0.941 bits per heavy atom. The number of hydrogen-bond acceptors (Lipinski definition) is 1. The quantitative estimate of drug-likeness (QED) is 0.436. The molecule has 0 rings (SSSR count). The van der Waals surface area contributed by atoms with Crippen molar-refractivity contribution in [3.8, 4) is 0 Å². The van der Waals surface area contributed by atoms with Crippen molar-refractivity contribution in [3.63, 3.8) is 0 Å². The van der Waals surface area contributed by atoms with E-state index in [1.54, 1.807) is 0 Å². The van der Waals surface area contributed by atoms with Crippen molar-refractivity contribution in [2.24, 2.45) is 0 Å². The molecule has 7 heteroatoms. The second kappa shape index (κ2) is 8.11. The summed E-state index contributed by atoms with van der Waals surface area (Å²) in [5.74, 6) is 1.17. The smallest absolute Gasteiger partial charge is 0.171 e. The van der Waals surface area contributed by atoms with E-state index in [-0.39, 0.29) is 12.8 Å². The molecule has 0 amide bonds. The lowest BCUT2D eigenvalue weighted by Gasteiger charge is -2.06. The first-order chi connectivity index (χ1) is 7.71. The summed E-state index contributed by atoms with van der Waals surface area (Å²) < 4.78 is 70.4. The van der Waals surface area contributed by atoms with Gasteiger partial charge in [0.15, 0.2) is 0 Å². The molecular formula is C10H16F6S. The maximum Gasteiger partial charge on any atom is 0.389 e. The standard InChI is InChI=1S/C10H16F6S/c11-9(12,13)5-1-3-7-17-8-4-2-6-10(14,15)16/h1-8H2. The highest BCUT2D eigenvalue weighted by Crippen LogP contribution is 2.24. The van der Waals surface area contributed by atoms with Gasteiger partial charge in [0.1, 0.15) is 0 Å². The molecule has 0 aromatic carbocycles. The predicted octanol–water partition coefficient (Wildman–Crippen LogP) is 5.18. The zero-order chi connectivity index (χ0) is 13.4. The van der Waals surface area contributed by atoms with Crippen LogP contribution in [-0.4, -0.2) is 23.9 Å². The molecule has 0 aromatic heterocycles. The minimum absolute atomic E-state index is 0.0963. The average molecular weight is 282 g/mol. The highest BCUT2D eigenvalue weighted by molar-refractivity contribution is 7.99. The average Bonchev–Trinajstić information content (AvgIpc) is 2.11. The molecule has 17 heavy (non-hydrogen) atoms. The molecule has 0 fully saturated rings. The van der Waals surface area contributed by atoms with Gasteiger partial charge in [0, 0.05) is 12.8 Å². The lowest BCUT2D eigenvalue weighted by atomic mass is 10.2. The van der Waals surface area contributed by atoms with Gasteiger partial charge in [-0.05, 0) is 37.2 Å². The largest absolute Gasteiger partial charge is 0.389 e. The van der Waals surface area contributed by atoms with Crippen LogP contribution in [0.25, 0.3) is 0 Å². The van der Waals surface area contributed by atoms with Crippen LogP contribution in [0, 0.1) is 0 Å². The Balaban J connectivity index is 3.15. The van der Waals surface area contributed by atoms with Crippen LogP contribution in [0.15, 0.2) is 0 Å². The maximum atomic E-state index is 11.7. The summed E-state index contributed by atoms with van der Waals surface area (Å²) in [6.45, 7) is 0. The van der Waals surface area contributed by atoms with Gasteiger partial charge < -0.3 is 0 Å². The van der Waals surface area contributed by atoms with Crippen molar-refractivity contribution in [1.29, 1.82) is 0 Å². The normalized spacial score (nSPS) is 13.1. The Morgan fingerprint density at radius 1 is 0.588 bits per heavy atom. The van der Waals surface area contributed by atoms with E-state index >= 15 is 0 Å². The monoisotopic (exact) mass is 282 g/mol. The highest BCUT2D eigenvalue weighted by atomic mass is 32.2. The Kier molecular flexibility index (Phi) is 8.07. The zero-order valence-corrected chi connectivity index (χ0v) is 10.1. The minimum Gasteiger partial charge on any atom is -0.171 e. The summed E-state index contributed by atoms with van der Waals surface area (Å²) in [4.78, 5) is 0. The zero-order valence-electron chi connectivity index (χ0n) is 9.33. The number of rotatable bonds is 8. The van der Waals surface area contributed by atoms with E-state index < -0.39 is 25.2 Å². The van der Waals surface area contributed by atoms with Gasteiger partial charge in [-0.2, -0.15) is 38.1 Å². The number of alkyl halides is 6. The van der Waals surface area contributed by atoms with E-state index in [4.69, 9.17) is 0 Å². The maximum absolute atomic E-state index is 11.7. The lowest BCUT2D eigenvalue weighted by molar-refractivity contribution is -0.136. The Morgan fingerprint density at radius 3 is 1.24 bits per heavy atom. The second-order valence-corrected chi connectivity index (χ2v) is 4.98. The van der Waals surface area contributed by atoms with E-state index in [1.165, 1.54) is 11.8 Å². The molecule has 0 N–H and O–H groups in total. The fraction of sp³-hybridized carbons (Fsp3) is 1.00. The third-order valence-electron chi connectivity index (χ3n) is 2.00. The molecule has 0 unspecified atom stereocenters. The van der Waals surface area contributed by atoms with E-state index in [0.717, 1.165) is 0 Å². The van der Waals surface area contributed by atoms with Gasteiger partial charge in [-0.25, -0.2) is 0 Å². The highest BCUT2D eigenvalue weighted by Gasteiger charge is 2.26. The van der Waals surface area contributed by atoms with Gasteiger partial charge >= 0.3 is 12.4 Å². The van der Waals surface area contributed by atoms with Crippen molar-refractivity contribution in [2.75, 3.05) is 11.5 Å². The van der Waals surface area contributed by atoms with Crippen molar-refractivity contribution < 1.29 is 26.3 Å². The molecule has 0 aliphatic heterocycles. The summed E-state index contributed by atoms with van der Waals surface area (Å²) in [6, 6.07) is 0. The molecule has 0 spiro atoms. The van der Waals surface area contributed by atoms with E-state index in [0.29, 0.717) is 24.3 Å². The van der Waals surface area contributed by atoms with Crippen LogP contribution >= 0.6 is 11.8 Å². The van der Waals surface area contributed by atoms with Gasteiger partial charge in [-0.3, -0.25) is 0 Å². The summed E-state index contributed by atoms with van der Waals surface area (Å²) in [7, 11) is 0.